The van der Waals surface area contributed by atoms with Crippen molar-refractivity contribution in [3.8, 4) is 0 Å². The molecule has 1 saturated heterocycles. The van der Waals surface area contributed by atoms with E-state index in [-0.39, 0.29) is 0 Å². The molecule has 0 aromatic rings. The van der Waals surface area contributed by atoms with Crippen LogP contribution in [0, 0.1) is 11.3 Å². The average Bonchev–Trinajstić information content (AvgIpc) is 2.16. The van der Waals surface area contributed by atoms with E-state index in [1.165, 1.54) is 32.5 Å². The Bertz CT molecular complexity index is 183. The van der Waals surface area contributed by atoms with Gasteiger partial charge in [0.1, 0.15) is 0 Å². The van der Waals surface area contributed by atoms with E-state index in [9.17, 15) is 0 Å². The van der Waals surface area contributed by atoms with E-state index in [0.717, 1.165) is 5.92 Å². The van der Waals surface area contributed by atoms with E-state index in [0.29, 0.717) is 11.5 Å². The predicted molar refractivity (Wildman–Crippen MR) is 67.1 cm³/mol. The Balaban J connectivity index is 2.45. The highest BCUT2D eigenvalue weighted by Gasteiger charge is 2.29. The minimum absolute atomic E-state index is 0.482. The Labute approximate surface area is 95.4 Å². The molecule has 90 valence electrons. The van der Waals surface area contributed by atoms with Gasteiger partial charge in [0.15, 0.2) is 0 Å². The normalized spacial score (nSPS) is 29.8. The molecule has 1 heterocycles. The summed E-state index contributed by atoms with van der Waals surface area (Å²) in [5.74, 6) is 0.746. The first-order chi connectivity index (χ1) is 6.94. The Hall–Kier alpha value is -0.0800. The zero-order chi connectivity index (χ0) is 11.5. The summed E-state index contributed by atoms with van der Waals surface area (Å²) in [5, 5.41) is 3.52. The van der Waals surface area contributed by atoms with Crippen molar-refractivity contribution in [1.29, 1.82) is 0 Å². The highest BCUT2D eigenvalue weighted by atomic mass is 15.1. The van der Waals surface area contributed by atoms with Crippen LogP contribution in [0.4, 0.5) is 0 Å². The number of piperidine rings is 1. The summed E-state index contributed by atoms with van der Waals surface area (Å²) in [5.41, 5.74) is 0.482. The molecule has 1 rings (SSSR count). The standard InChI is InChI=1S/C13H28N2/c1-11(2)12(3)15(5)10-13(4)7-6-8-14-9-13/h11-12,14H,6-10H2,1-5H3. The number of nitrogens with one attached hydrogen (secondary N) is 1. The van der Waals surface area contributed by atoms with Gasteiger partial charge in [-0.1, -0.05) is 20.8 Å². The largest absolute Gasteiger partial charge is 0.316 e. The smallest absolute Gasteiger partial charge is 0.00871 e. The average molecular weight is 212 g/mol. The van der Waals surface area contributed by atoms with E-state index in [1.54, 1.807) is 0 Å². The molecule has 1 fully saturated rings. The summed E-state index contributed by atoms with van der Waals surface area (Å²) < 4.78 is 0. The summed E-state index contributed by atoms with van der Waals surface area (Å²) in [6.45, 7) is 13.0. The Morgan fingerprint density at radius 2 is 2.00 bits per heavy atom. The first-order valence-electron chi connectivity index (χ1n) is 6.35. The van der Waals surface area contributed by atoms with Gasteiger partial charge >= 0.3 is 0 Å². The number of rotatable bonds is 4. The number of hydrogen-bond acceptors (Lipinski definition) is 2. The number of hydrogen-bond donors (Lipinski definition) is 1. The molecule has 1 N–H and O–H groups in total. The molecule has 0 radical (unpaired) electrons. The maximum Gasteiger partial charge on any atom is 0.00871 e. The molecule has 1 aliphatic rings. The fourth-order valence-electron chi connectivity index (χ4n) is 2.51. The molecular weight excluding hydrogens is 184 g/mol. The molecule has 0 amide bonds. The zero-order valence-electron chi connectivity index (χ0n) is 11.1. The van der Waals surface area contributed by atoms with Crippen LogP contribution >= 0.6 is 0 Å². The lowest BCUT2D eigenvalue weighted by atomic mass is 9.82. The molecule has 0 saturated carbocycles. The SMILES string of the molecule is CC(C)C(C)N(C)CC1(C)CCCNC1. The van der Waals surface area contributed by atoms with Gasteiger partial charge in [-0.2, -0.15) is 0 Å². The summed E-state index contributed by atoms with van der Waals surface area (Å²) in [4.78, 5) is 2.53. The van der Waals surface area contributed by atoms with Crippen LogP contribution in [0.15, 0.2) is 0 Å². The van der Waals surface area contributed by atoms with Crippen LogP contribution in [0.1, 0.15) is 40.5 Å². The monoisotopic (exact) mass is 212 g/mol. The molecular formula is C13H28N2. The third-order valence-corrected chi connectivity index (χ3v) is 3.98. The van der Waals surface area contributed by atoms with E-state index in [4.69, 9.17) is 0 Å². The summed E-state index contributed by atoms with van der Waals surface area (Å²) in [7, 11) is 2.27. The predicted octanol–water partition coefficient (Wildman–Crippen LogP) is 2.35. The summed E-state index contributed by atoms with van der Waals surface area (Å²) >= 11 is 0. The lowest BCUT2D eigenvalue weighted by molar-refractivity contribution is 0.109. The molecule has 2 nitrogen and oxygen atoms in total. The minimum Gasteiger partial charge on any atom is -0.316 e. The first kappa shape index (κ1) is 13.0. The first-order valence-corrected chi connectivity index (χ1v) is 6.35. The van der Waals surface area contributed by atoms with Crippen LogP contribution in [0.3, 0.4) is 0 Å². The van der Waals surface area contributed by atoms with Gasteiger partial charge in [0.2, 0.25) is 0 Å². The highest BCUT2D eigenvalue weighted by molar-refractivity contribution is 4.85. The molecule has 2 heteroatoms. The van der Waals surface area contributed by atoms with Crippen molar-refractivity contribution in [3.63, 3.8) is 0 Å². The van der Waals surface area contributed by atoms with E-state index < -0.39 is 0 Å². The molecule has 2 unspecified atom stereocenters. The van der Waals surface area contributed by atoms with Crippen LogP contribution in [0.5, 0.6) is 0 Å². The van der Waals surface area contributed by atoms with Crippen LogP contribution in [0.2, 0.25) is 0 Å². The number of nitrogens with zero attached hydrogens (tertiary/aromatic N) is 1. The third-order valence-electron chi connectivity index (χ3n) is 3.98. The van der Waals surface area contributed by atoms with E-state index in [2.05, 4.69) is 45.0 Å². The van der Waals surface area contributed by atoms with Gasteiger partial charge < -0.3 is 10.2 Å². The van der Waals surface area contributed by atoms with Crippen molar-refractivity contribution in [2.75, 3.05) is 26.7 Å². The van der Waals surface area contributed by atoms with Gasteiger partial charge in [0.05, 0.1) is 0 Å². The summed E-state index contributed by atoms with van der Waals surface area (Å²) in [6, 6.07) is 0.684. The molecule has 2 atom stereocenters. The zero-order valence-corrected chi connectivity index (χ0v) is 11.1. The lowest BCUT2D eigenvalue weighted by Gasteiger charge is -2.40. The Kier molecular flexibility index (Phi) is 4.60. The van der Waals surface area contributed by atoms with Crippen LogP contribution in [-0.2, 0) is 0 Å². The van der Waals surface area contributed by atoms with Crippen LogP contribution < -0.4 is 5.32 Å². The van der Waals surface area contributed by atoms with Crippen molar-refractivity contribution >= 4 is 0 Å². The van der Waals surface area contributed by atoms with E-state index in [1.807, 2.05) is 0 Å². The van der Waals surface area contributed by atoms with Crippen molar-refractivity contribution < 1.29 is 0 Å². The van der Waals surface area contributed by atoms with Crippen molar-refractivity contribution in [1.82, 2.24) is 10.2 Å². The Morgan fingerprint density at radius 1 is 1.33 bits per heavy atom. The quantitative estimate of drug-likeness (QED) is 0.769. The molecule has 1 aliphatic heterocycles. The second-order valence-corrected chi connectivity index (χ2v) is 5.99. The maximum atomic E-state index is 3.52. The van der Waals surface area contributed by atoms with Gasteiger partial charge in [-0.05, 0) is 44.7 Å². The van der Waals surface area contributed by atoms with Gasteiger partial charge in [-0.3, -0.25) is 0 Å². The topological polar surface area (TPSA) is 15.3 Å². The van der Waals surface area contributed by atoms with Gasteiger partial charge in [-0.25, -0.2) is 0 Å². The fraction of sp³-hybridized carbons (Fsp3) is 1.00. The van der Waals surface area contributed by atoms with Gasteiger partial charge in [0, 0.05) is 19.1 Å². The maximum absolute atomic E-state index is 3.52. The van der Waals surface area contributed by atoms with E-state index >= 15 is 0 Å². The second-order valence-electron chi connectivity index (χ2n) is 5.99. The van der Waals surface area contributed by atoms with Gasteiger partial charge in [-0.15, -0.1) is 0 Å². The fourth-order valence-corrected chi connectivity index (χ4v) is 2.51. The van der Waals surface area contributed by atoms with Crippen LogP contribution in [0.25, 0.3) is 0 Å². The Morgan fingerprint density at radius 3 is 2.47 bits per heavy atom. The van der Waals surface area contributed by atoms with Crippen LogP contribution in [-0.4, -0.2) is 37.6 Å². The van der Waals surface area contributed by atoms with Crippen molar-refractivity contribution in [2.24, 2.45) is 11.3 Å². The second kappa shape index (κ2) is 5.31. The highest BCUT2D eigenvalue weighted by Crippen LogP contribution is 2.27. The van der Waals surface area contributed by atoms with Gasteiger partial charge in [0.25, 0.3) is 0 Å². The molecule has 0 aromatic carbocycles. The van der Waals surface area contributed by atoms with Crippen molar-refractivity contribution in [3.05, 3.63) is 0 Å². The molecule has 0 bridgehead atoms. The molecule has 15 heavy (non-hydrogen) atoms. The van der Waals surface area contributed by atoms with Crippen molar-refractivity contribution in [2.45, 2.75) is 46.6 Å². The third kappa shape index (κ3) is 3.76. The lowest BCUT2D eigenvalue weighted by Crippen LogP contribution is -2.47. The molecule has 0 spiro atoms. The molecule has 0 aliphatic carbocycles. The minimum atomic E-state index is 0.482. The molecule has 0 aromatic heterocycles. The summed E-state index contributed by atoms with van der Waals surface area (Å²) in [6.07, 6.45) is 2.70.